The number of amides is 1. The van der Waals surface area contributed by atoms with Crippen molar-refractivity contribution < 1.29 is 4.79 Å². The van der Waals surface area contributed by atoms with Crippen molar-refractivity contribution in [1.29, 1.82) is 0 Å². The van der Waals surface area contributed by atoms with E-state index in [1.54, 1.807) is 6.20 Å². The average Bonchev–Trinajstić information content (AvgIpc) is 2.99. The fourth-order valence-electron chi connectivity index (χ4n) is 3.35. The fraction of sp³-hybridized carbons (Fsp3) is 0.611. The van der Waals surface area contributed by atoms with E-state index in [2.05, 4.69) is 29.2 Å². The fourth-order valence-corrected chi connectivity index (χ4v) is 3.35. The molecule has 0 radical (unpaired) electrons. The maximum absolute atomic E-state index is 12.8. The quantitative estimate of drug-likeness (QED) is 0.903. The van der Waals surface area contributed by atoms with E-state index in [-0.39, 0.29) is 24.0 Å². The molecule has 2 heterocycles. The average molecular weight is 329 g/mol. The summed E-state index contributed by atoms with van der Waals surface area (Å²) in [5, 5.41) is 8.46. The van der Waals surface area contributed by atoms with Crippen LogP contribution >= 0.6 is 0 Å². The van der Waals surface area contributed by atoms with Crippen LogP contribution in [0.3, 0.4) is 0 Å². The van der Waals surface area contributed by atoms with Crippen LogP contribution in [0, 0.1) is 6.92 Å². The predicted octanol–water partition coefficient (Wildman–Crippen LogP) is 2.71. The van der Waals surface area contributed by atoms with Gasteiger partial charge in [0, 0.05) is 17.8 Å². The summed E-state index contributed by atoms with van der Waals surface area (Å²) >= 11 is 0. The highest BCUT2D eigenvalue weighted by molar-refractivity contribution is 6.05. The molecule has 1 saturated carbocycles. The van der Waals surface area contributed by atoms with Gasteiger partial charge in [-0.3, -0.25) is 4.79 Å². The summed E-state index contributed by atoms with van der Waals surface area (Å²) < 4.78 is 1.92. The number of carbonyl (C=O) groups excluding carboxylic acids is 1. The molecule has 0 bridgehead atoms. The number of nitrogens with one attached hydrogen (secondary N) is 1. The minimum absolute atomic E-state index is 0.0327. The van der Waals surface area contributed by atoms with E-state index in [9.17, 15) is 4.79 Å². The summed E-state index contributed by atoms with van der Waals surface area (Å²) in [6, 6.07) is 2.61. The Morgan fingerprint density at radius 2 is 2.12 bits per heavy atom. The number of aromatic nitrogens is 3. The zero-order chi connectivity index (χ0) is 17.3. The topological polar surface area (TPSA) is 85.8 Å². The van der Waals surface area contributed by atoms with Crippen LogP contribution in [0.25, 0.3) is 11.0 Å². The third-order valence-corrected chi connectivity index (χ3v) is 5.05. The molecule has 6 heteroatoms. The van der Waals surface area contributed by atoms with E-state index in [1.807, 2.05) is 17.7 Å². The largest absolute Gasteiger partial charge is 0.349 e. The van der Waals surface area contributed by atoms with Crippen molar-refractivity contribution >= 4 is 16.9 Å². The van der Waals surface area contributed by atoms with Crippen LogP contribution in [0.5, 0.6) is 0 Å². The second-order valence-corrected chi connectivity index (χ2v) is 6.98. The Hall–Kier alpha value is -1.95. The van der Waals surface area contributed by atoms with Gasteiger partial charge in [-0.15, -0.1) is 0 Å². The van der Waals surface area contributed by atoms with Crippen LogP contribution in [-0.4, -0.2) is 32.8 Å². The summed E-state index contributed by atoms with van der Waals surface area (Å²) in [5.41, 5.74) is 8.24. The van der Waals surface area contributed by atoms with Crippen molar-refractivity contribution in [3.05, 3.63) is 23.5 Å². The lowest BCUT2D eigenvalue weighted by Gasteiger charge is -2.26. The number of hydrogen-bond donors (Lipinski definition) is 2. The smallest absolute Gasteiger partial charge is 0.252 e. The second kappa shape index (κ2) is 6.89. The lowest BCUT2D eigenvalue weighted by Crippen LogP contribution is -2.40. The van der Waals surface area contributed by atoms with Crippen LogP contribution in [0.1, 0.15) is 68.0 Å². The van der Waals surface area contributed by atoms with Gasteiger partial charge in [-0.25, -0.2) is 9.67 Å². The maximum Gasteiger partial charge on any atom is 0.252 e. The maximum atomic E-state index is 12.8. The summed E-state index contributed by atoms with van der Waals surface area (Å²) in [4.78, 5) is 17.4. The van der Waals surface area contributed by atoms with Crippen molar-refractivity contribution in [2.75, 3.05) is 0 Å². The Labute approximate surface area is 142 Å². The Balaban J connectivity index is 1.88. The highest BCUT2D eigenvalue weighted by Crippen LogP contribution is 2.23. The third kappa shape index (κ3) is 3.29. The predicted molar refractivity (Wildman–Crippen MR) is 95.0 cm³/mol. The van der Waals surface area contributed by atoms with Gasteiger partial charge >= 0.3 is 0 Å². The van der Waals surface area contributed by atoms with Gasteiger partial charge in [0.05, 0.1) is 23.2 Å². The van der Waals surface area contributed by atoms with E-state index in [4.69, 9.17) is 5.73 Å². The van der Waals surface area contributed by atoms with Gasteiger partial charge in [0.1, 0.15) is 0 Å². The first-order chi connectivity index (χ1) is 11.5. The number of nitrogens with two attached hydrogens (primary N) is 1. The number of aryl methyl sites for hydroxylation is 1. The number of pyridine rings is 1. The first-order valence-electron chi connectivity index (χ1n) is 8.91. The molecular formula is C18H27N5O. The Morgan fingerprint density at radius 3 is 2.79 bits per heavy atom. The zero-order valence-electron chi connectivity index (χ0n) is 14.7. The van der Waals surface area contributed by atoms with Gasteiger partial charge in [0.25, 0.3) is 5.91 Å². The van der Waals surface area contributed by atoms with E-state index in [1.165, 1.54) is 0 Å². The van der Waals surface area contributed by atoms with Crippen molar-refractivity contribution in [3.63, 3.8) is 0 Å². The number of carbonyl (C=O) groups is 1. The molecule has 2 aromatic rings. The molecule has 1 atom stereocenters. The van der Waals surface area contributed by atoms with Crippen molar-refractivity contribution in [3.8, 4) is 0 Å². The number of fused-ring (bicyclic) bond motifs is 1. The van der Waals surface area contributed by atoms with Crippen molar-refractivity contribution in [2.45, 2.75) is 71.0 Å². The molecule has 0 aliphatic heterocycles. The van der Waals surface area contributed by atoms with Crippen molar-refractivity contribution in [2.24, 2.45) is 5.73 Å². The second-order valence-electron chi connectivity index (χ2n) is 6.98. The molecule has 3 rings (SSSR count). The molecule has 1 amide bonds. The lowest BCUT2D eigenvalue weighted by atomic mass is 9.91. The molecule has 2 aromatic heterocycles. The van der Waals surface area contributed by atoms with Gasteiger partial charge in [0.15, 0.2) is 5.65 Å². The number of hydrogen-bond acceptors (Lipinski definition) is 4. The van der Waals surface area contributed by atoms with Gasteiger partial charge in [-0.05, 0) is 52.0 Å². The van der Waals surface area contributed by atoms with E-state index >= 15 is 0 Å². The minimum atomic E-state index is -0.0327. The highest BCUT2D eigenvalue weighted by Gasteiger charge is 2.23. The third-order valence-electron chi connectivity index (χ3n) is 5.05. The van der Waals surface area contributed by atoms with Gasteiger partial charge in [-0.1, -0.05) is 6.92 Å². The molecule has 1 unspecified atom stereocenters. The number of rotatable bonds is 4. The summed E-state index contributed by atoms with van der Waals surface area (Å²) in [6.07, 6.45) is 6.58. The van der Waals surface area contributed by atoms with Gasteiger partial charge < -0.3 is 11.1 Å². The molecular weight excluding hydrogens is 302 g/mol. The standard InChI is InChI=1S/C18H27N5O/c1-4-12(3)23-17-16(10-20-23)15(9-11(2)21-17)18(24)22-14-7-5-13(19)6-8-14/h9-10,12-14H,4-8,19H2,1-3H3,(H,22,24). The summed E-state index contributed by atoms with van der Waals surface area (Å²) in [7, 11) is 0. The van der Waals surface area contributed by atoms with Crippen molar-refractivity contribution in [1.82, 2.24) is 20.1 Å². The Bertz CT molecular complexity index is 730. The SMILES string of the molecule is CCC(C)n1ncc2c(C(=O)NC3CCC(N)CC3)cc(C)nc21. The minimum Gasteiger partial charge on any atom is -0.349 e. The first-order valence-corrected chi connectivity index (χ1v) is 8.91. The summed E-state index contributed by atoms with van der Waals surface area (Å²) in [5.74, 6) is -0.0327. The van der Waals surface area contributed by atoms with E-state index in [0.717, 1.165) is 48.8 Å². The molecule has 130 valence electrons. The monoisotopic (exact) mass is 329 g/mol. The molecule has 1 aliphatic carbocycles. The molecule has 0 spiro atoms. The Kier molecular flexibility index (Phi) is 4.85. The lowest BCUT2D eigenvalue weighted by molar-refractivity contribution is 0.0927. The molecule has 6 nitrogen and oxygen atoms in total. The molecule has 1 aliphatic rings. The van der Waals surface area contributed by atoms with Crippen LogP contribution in [0.15, 0.2) is 12.3 Å². The molecule has 1 fully saturated rings. The van der Waals surface area contributed by atoms with E-state index in [0.29, 0.717) is 5.56 Å². The van der Waals surface area contributed by atoms with Crippen LogP contribution in [0.2, 0.25) is 0 Å². The van der Waals surface area contributed by atoms with Gasteiger partial charge in [0.2, 0.25) is 0 Å². The van der Waals surface area contributed by atoms with Crippen LogP contribution in [-0.2, 0) is 0 Å². The molecule has 0 aromatic carbocycles. The molecule has 3 N–H and O–H groups in total. The molecule has 24 heavy (non-hydrogen) atoms. The van der Waals surface area contributed by atoms with Crippen LogP contribution in [0.4, 0.5) is 0 Å². The highest BCUT2D eigenvalue weighted by atomic mass is 16.1. The zero-order valence-corrected chi connectivity index (χ0v) is 14.7. The van der Waals surface area contributed by atoms with Gasteiger partial charge in [-0.2, -0.15) is 5.10 Å². The summed E-state index contributed by atoms with van der Waals surface area (Å²) in [6.45, 7) is 6.15. The van der Waals surface area contributed by atoms with E-state index < -0.39 is 0 Å². The molecule has 0 saturated heterocycles. The first kappa shape index (κ1) is 16.9. The number of nitrogens with zero attached hydrogens (tertiary/aromatic N) is 3. The normalized spacial score (nSPS) is 22.5. The Morgan fingerprint density at radius 1 is 1.42 bits per heavy atom. The van der Waals surface area contributed by atoms with Crippen LogP contribution < -0.4 is 11.1 Å².